The Morgan fingerprint density at radius 3 is 3.00 bits per heavy atom. The van der Waals surface area contributed by atoms with Crippen LogP contribution in [0.5, 0.6) is 5.88 Å². The normalized spacial score (nSPS) is 12.6. The fourth-order valence-corrected chi connectivity index (χ4v) is 0.851. The molecule has 1 aromatic heterocycles. The lowest BCUT2D eigenvalue weighted by atomic mass is 10.2. The summed E-state index contributed by atoms with van der Waals surface area (Å²) < 4.78 is 4.89. The van der Waals surface area contributed by atoms with Crippen LogP contribution in [-0.4, -0.2) is 23.7 Å². The van der Waals surface area contributed by atoms with Crippen molar-refractivity contribution < 1.29 is 9.84 Å². The Labute approximate surface area is 71.0 Å². The summed E-state index contributed by atoms with van der Waals surface area (Å²) in [4.78, 5) is 4.01. The first-order valence-corrected chi connectivity index (χ1v) is 3.67. The van der Waals surface area contributed by atoms with Crippen molar-refractivity contribution in [2.45, 2.75) is 6.10 Å². The second-order valence-corrected chi connectivity index (χ2v) is 2.36. The molecule has 4 heteroatoms. The number of rotatable bonds is 3. The van der Waals surface area contributed by atoms with Gasteiger partial charge in [0.1, 0.15) is 6.10 Å². The first kappa shape index (κ1) is 8.96. The van der Waals surface area contributed by atoms with E-state index in [0.717, 1.165) is 0 Å². The standard InChI is InChI=1S/C8H12N2O2/c1-12-8-4-2-3-6(10-8)7(11)5-9/h2-4,7,11H,5,9H2,1H3/t7-/m1/s1. The number of nitrogens with two attached hydrogens (primary N) is 1. The van der Waals surface area contributed by atoms with Gasteiger partial charge in [0, 0.05) is 12.6 Å². The maximum Gasteiger partial charge on any atom is 0.213 e. The topological polar surface area (TPSA) is 68.4 Å². The molecule has 1 aromatic rings. The zero-order valence-electron chi connectivity index (χ0n) is 6.90. The van der Waals surface area contributed by atoms with Crippen molar-refractivity contribution in [1.29, 1.82) is 0 Å². The first-order chi connectivity index (χ1) is 5.77. The lowest BCUT2D eigenvalue weighted by molar-refractivity contribution is 0.180. The minimum absolute atomic E-state index is 0.167. The summed E-state index contributed by atoms with van der Waals surface area (Å²) in [6, 6.07) is 5.19. The number of hydrogen-bond donors (Lipinski definition) is 2. The van der Waals surface area contributed by atoms with Gasteiger partial charge in [-0.05, 0) is 6.07 Å². The van der Waals surface area contributed by atoms with Gasteiger partial charge in [-0.2, -0.15) is 0 Å². The van der Waals surface area contributed by atoms with E-state index in [1.165, 1.54) is 7.11 Å². The molecule has 0 saturated carbocycles. The third kappa shape index (κ3) is 1.93. The van der Waals surface area contributed by atoms with Crippen LogP contribution >= 0.6 is 0 Å². The average Bonchev–Trinajstić information content (AvgIpc) is 2.17. The molecule has 3 N–H and O–H groups in total. The molecule has 12 heavy (non-hydrogen) atoms. The van der Waals surface area contributed by atoms with E-state index in [-0.39, 0.29) is 6.54 Å². The van der Waals surface area contributed by atoms with E-state index in [0.29, 0.717) is 11.6 Å². The second-order valence-electron chi connectivity index (χ2n) is 2.36. The molecule has 0 aliphatic heterocycles. The third-order valence-electron chi connectivity index (χ3n) is 1.52. The average molecular weight is 168 g/mol. The monoisotopic (exact) mass is 168 g/mol. The van der Waals surface area contributed by atoms with Gasteiger partial charge in [-0.3, -0.25) is 0 Å². The molecule has 0 aliphatic rings. The predicted octanol–water partition coefficient (Wildman–Crippen LogP) is 0.0823. The third-order valence-corrected chi connectivity index (χ3v) is 1.52. The number of aliphatic hydroxyl groups is 1. The number of hydrogen-bond acceptors (Lipinski definition) is 4. The molecule has 0 spiro atoms. The van der Waals surface area contributed by atoms with Gasteiger partial charge in [-0.1, -0.05) is 6.07 Å². The van der Waals surface area contributed by atoms with Crippen LogP contribution in [0.2, 0.25) is 0 Å². The van der Waals surface area contributed by atoms with Gasteiger partial charge in [0.2, 0.25) is 5.88 Å². The Balaban J connectivity index is 2.86. The molecule has 0 unspecified atom stereocenters. The molecule has 0 radical (unpaired) electrons. The van der Waals surface area contributed by atoms with Crippen LogP contribution in [0, 0.1) is 0 Å². The number of aliphatic hydroxyl groups excluding tert-OH is 1. The zero-order valence-corrected chi connectivity index (χ0v) is 6.90. The summed E-state index contributed by atoms with van der Waals surface area (Å²) in [7, 11) is 1.53. The highest BCUT2D eigenvalue weighted by molar-refractivity contribution is 5.17. The molecule has 1 atom stereocenters. The van der Waals surface area contributed by atoms with Gasteiger partial charge in [0.25, 0.3) is 0 Å². The quantitative estimate of drug-likeness (QED) is 0.670. The van der Waals surface area contributed by atoms with Crippen molar-refractivity contribution in [3.05, 3.63) is 23.9 Å². The van der Waals surface area contributed by atoms with Crippen LogP contribution in [0.1, 0.15) is 11.8 Å². The van der Waals surface area contributed by atoms with Crippen LogP contribution in [-0.2, 0) is 0 Å². The Morgan fingerprint density at radius 2 is 2.42 bits per heavy atom. The van der Waals surface area contributed by atoms with Crippen molar-refractivity contribution in [3.63, 3.8) is 0 Å². The van der Waals surface area contributed by atoms with Crippen LogP contribution < -0.4 is 10.5 Å². The van der Waals surface area contributed by atoms with Crippen LogP contribution in [0.15, 0.2) is 18.2 Å². The molecular weight excluding hydrogens is 156 g/mol. The minimum atomic E-state index is -0.708. The molecule has 0 aromatic carbocycles. The molecule has 0 amide bonds. The molecular formula is C8H12N2O2. The van der Waals surface area contributed by atoms with Gasteiger partial charge in [0.15, 0.2) is 0 Å². The number of pyridine rings is 1. The highest BCUT2D eigenvalue weighted by atomic mass is 16.5. The summed E-state index contributed by atoms with van der Waals surface area (Å²) in [5, 5.41) is 9.31. The van der Waals surface area contributed by atoms with Gasteiger partial charge in [-0.25, -0.2) is 4.98 Å². The number of aromatic nitrogens is 1. The van der Waals surface area contributed by atoms with Gasteiger partial charge >= 0.3 is 0 Å². The zero-order chi connectivity index (χ0) is 8.97. The van der Waals surface area contributed by atoms with Gasteiger partial charge in [0.05, 0.1) is 12.8 Å². The van der Waals surface area contributed by atoms with Crippen molar-refractivity contribution in [1.82, 2.24) is 4.98 Å². The Kier molecular flexibility index (Phi) is 3.01. The van der Waals surface area contributed by atoms with Crippen molar-refractivity contribution in [2.75, 3.05) is 13.7 Å². The van der Waals surface area contributed by atoms with E-state index < -0.39 is 6.10 Å². The lowest BCUT2D eigenvalue weighted by Gasteiger charge is -2.07. The summed E-state index contributed by atoms with van der Waals surface area (Å²) >= 11 is 0. The number of nitrogens with zero attached hydrogens (tertiary/aromatic N) is 1. The van der Waals surface area contributed by atoms with Crippen molar-refractivity contribution in [3.8, 4) is 5.88 Å². The summed E-state index contributed by atoms with van der Waals surface area (Å²) in [6.45, 7) is 0.167. The Hall–Kier alpha value is -1.13. The Bertz CT molecular complexity index is 253. The van der Waals surface area contributed by atoms with E-state index in [1.54, 1.807) is 18.2 Å². The highest BCUT2D eigenvalue weighted by Crippen LogP contribution is 2.12. The fourth-order valence-electron chi connectivity index (χ4n) is 0.851. The number of ether oxygens (including phenoxy) is 1. The molecule has 0 fully saturated rings. The molecule has 0 aliphatic carbocycles. The van der Waals surface area contributed by atoms with Crippen LogP contribution in [0.25, 0.3) is 0 Å². The SMILES string of the molecule is COc1cccc([C@H](O)CN)n1. The van der Waals surface area contributed by atoms with E-state index in [1.807, 2.05) is 0 Å². The van der Waals surface area contributed by atoms with Crippen LogP contribution in [0.3, 0.4) is 0 Å². The highest BCUT2D eigenvalue weighted by Gasteiger charge is 2.06. The van der Waals surface area contributed by atoms with Gasteiger partial charge < -0.3 is 15.6 Å². The summed E-state index contributed by atoms with van der Waals surface area (Å²) in [5.41, 5.74) is 5.80. The molecule has 0 bridgehead atoms. The molecule has 4 nitrogen and oxygen atoms in total. The smallest absolute Gasteiger partial charge is 0.213 e. The second kappa shape index (κ2) is 4.04. The fraction of sp³-hybridized carbons (Fsp3) is 0.375. The van der Waals surface area contributed by atoms with Gasteiger partial charge in [-0.15, -0.1) is 0 Å². The number of methoxy groups -OCH3 is 1. The largest absolute Gasteiger partial charge is 0.481 e. The van der Waals surface area contributed by atoms with Crippen molar-refractivity contribution in [2.24, 2.45) is 5.73 Å². The van der Waals surface area contributed by atoms with E-state index in [2.05, 4.69) is 4.98 Å². The molecule has 0 saturated heterocycles. The van der Waals surface area contributed by atoms with E-state index >= 15 is 0 Å². The molecule has 66 valence electrons. The van der Waals surface area contributed by atoms with E-state index in [9.17, 15) is 5.11 Å². The van der Waals surface area contributed by atoms with E-state index in [4.69, 9.17) is 10.5 Å². The first-order valence-electron chi connectivity index (χ1n) is 3.67. The maximum absolute atomic E-state index is 9.31. The summed E-state index contributed by atoms with van der Waals surface area (Å²) in [6.07, 6.45) is -0.708. The minimum Gasteiger partial charge on any atom is -0.481 e. The Morgan fingerprint density at radius 1 is 1.67 bits per heavy atom. The van der Waals surface area contributed by atoms with Crippen molar-refractivity contribution >= 4 is 0 Å². The lowest BCUT2D eigenvalue weighted by Crippen LogP contribution is -2.12. The molecule has 1 rings (SSSR count). The van der Waals surface area contributed by atoms with Crippen LogP contribution in [0.4, 0.5) is 0 Å². The summed E-state index contributed by atoms with van der Waals surface area (Å²) in [5.74, 6) is 0.486. The molecule has 1 heterocycles. The maximum atomic E-state index is 9.31. The predicted molar refractivity (Wildman–Crippen MR) is 44.8 cm³/mol.